The fourth-order valence-corrected chi connectivity index (χ4v) is 2.62. The molecular formula is C16H25ClN2O3. The van der Waals surface area contributed by atoms with Crippen molar-refractivity contribution < 1.29 is 14.3 Å². The van der Waals surface area contributed by atoms with Crippen molar-refractivity contribution >= 4 is 18.3 Å². The van der Waals surface area contributed by atoms with E-state index in [9.17, 15) is 4.79 Å². The lowest BCUT2D eigenvalue weighted by Crippen LogP contribution is -2.56. The fourth-order valence-electron chi connectivity index (χ4n) is 2.62. The lowest BCUT2D eigenvalue weighted by Gasteiger charge is -2.33. The van der Waals surface area contributed by atoms with E-state index in [-0.39, 0.29) is 18.3 Å². The third-order valence-electron chi connectivity index (χ3n) is 4.02. The van der Waals surface area contributed by atoms with Gasteiger partial charge in [-0.3, -0.25) is 4.79 Å². The van der Waals surface area contributed by atoms with Crippen molar-refractivity contribution in [1.29, 1.82) is 0 Å². The molecule has 1 aliphatic heterocycles. The summed E-state index contributed by atoms with van der Waals surface area (Å²) in [5, 5.41) is 6.32. The summed E-state index contributed by atoms with van der Waals surface area (Å²) in [5.41, 5.74) is 0.537. The number of hydrogen-bond acceptors (Lipinski definition) is 4. The van der Waals surface area contributed by atoms with Crippen LogP contribution in [0.4, 0.5) is 0 Å². The molecule has 1 atom stereocenters. The van der Waals surface area contributed by atoms with Gasteiger partial charge >= 0.3 is 0 Å². The van der Waals surface area contributed by atoms with Crippen LogP contribution >= 0.6 is 12.4 Å². The van der Waals surface area contributed by atoms with Gasteiger partial charge in [0.15, 0.2) is 11.5 Å². The van der Waals surface area contributed by atoms with Gasteiger partial charge in [-0.25, -0.2) is 0 Å². The van der Waals surface area contributed by atoms with E-state index in [1.807, 2.05) is 25.1 Å². The molecule has 1 heterocycles. The number of rotatable bonds is 5. The van der Waals surface area contributed by atoms with Crippen LogP contribution in [0.3, 0.4) is 0 Å². The Bertz CT molecular complexity index is 502. The highest BCUT2D eigenvalue weighted by Gasteiger charge is 2.33. The van der Waals surface area contributed by atoms with Crippen molar-refractivity contribution in [2.75, 3.05) is 20.8 Å². The molecule has 0 radical (unpaired) electrons. The molecule has 1 unspecified atom stereocenters. The first kappa shape index (κ1) is 18.6. The molecule has 2 N–H and O–H groups in total. The molecule has 5 nitrogen and oxygen atoms in total. The van der Waals surface area contributed by atoms with Crippen molar-refractivity contribution in [2.24, 2.45) is 0 Å². The first-order valence-electron chi connectivity index (χ1n) is 7.33. The summed E-state index contributed by atoms with van der Waals surface area (Å²) in [7, 11) is 3.21. The number of methoxy groups -OCH3 is 2. The molecule has 1 aliphatic rings. The zero-order valence-electron chi connectivity index (χ0n) is 13.4. The van der Waals surface area contributed by atoms with Gasteiger partial charge in [0.2, 0.25) is 5.91 Å². The lowest BCUT2D eigenvalue weighted by molar-refractivity contribution is -0.128. The van der Waals surface area contributed by atoms with E-state index >= 15 is 0 Å². The maximum atomic E-state index is 12.3. The molecule has 0 saturated carbocycles. The maximum Gasteiger partial charge on any atom is 0.240 e. The highest BCUT2D eigenvalue weighted by atomic mass is 35.5. The topological polar surface area (TPSA) is 59.6 Å². The van der Waals surface area contributed by atoms with Gasteiger partial charge in [0.25, 0.3) is 0 Å². The van der Waals surface area contributed by atoms with Crippen LogP contribution in [-0.4, -0.2) is 32.2 Å². The molecule has 0 aromatic heterocycles. The van der Waals surface area contributed by atoms with Crippen molar-refractivity contribution in [3.63, 3.8) is 0 Å². The van der Waals surface area contributed by atoms with Gasteiger partial charge in [-0.2, -0.15) is 0 Å². The number of halogens is 1. The molecule has 124 valence electrons. The first-order valence-corrected chi connectivity index (χ1v) is 7.33. The van der Waals surface area contributed by atoms with Gasteiger partial charge in [0, 0.05) is 6.54 Å². The normalized spacial score (nSPS) is 20.7. The summed E-state index contributed by atoms with van der Waals surface area (Å²) in [6, 6.07) is 5.66. The second-order valence-electron chi connectivity index (χ2n) is 5.59. The standard InChI is InChI=1S/C16H24N2O3.ClH/c1-16(8-4-5-9-18-16)15(19)17-11-12-6-7-13(20-2)14(10-12)21-3;/h6-7,10,18H,4-5,8-9,11H2,1-3H3,(H,17,19);1H. The van der Waals surface area contributed by atoms with Crippen LogP contribution in [0.1, 0.15) is 31.7 Å². The predicted octanol–water partition coefficient (Wildman–Crippen LogP) is 2.27. The molecule has 1 saturated heterocycles. The van der Waals surface area contributed by atoms with Crippen LogP contribution in [0.25, 0.3) is 0 Å². The van der Waals surface area contributed by atoms with E-state index in [2.05, 4.69) is 10.6 Å². The zero-order valence-corrected chi connectivity index (χ0v) is 14.2. The highest BCUT2D eigenvalue weighted by molar-refractivity contribution is 5.86. The van der Waals surface area contributed by atoms with E-state index in [1.54, 1.807) is 14.2 Å². The van der Waals surface area contributed by atoms with Crippen LogP contribution in [0, 0.1) is 0 Å². The Balaban J connectivity index is 0.00000242. The lowest BCUT2D eigenvalue weighted by atomic mass is 9.90. The summed E-state index contributed by atoms with van der Waals surface area (Å²) < 4.78 is 10.5. The average molecular weight is 329 g/mol. The Labute approximate surface area is 138 Å². The predicted molar refractivity (Wildman–Crippen MR) is 88.9 cm³/mol. The molecule has 2 rings (SSSR count). The summed E-state index contributed by atoms with van der Waals surface area (Å²) in [5.74, 6) is 1.41. The van der Waals surface area contributed by atoms with Crippen molar-refractivity contribution in [3.05, 3.63) is 23.8 Å². The second kappa shape index (κ2) is 8.25. The molecule has 1 amide bonds. The van der Waals surface area contributed by atoms with Crippen molar-refractivity contribution in [3.8, 4) is 11.5 Å². The summed E-state index contributed by atoms with van der Waals surface area (Å²) in [6.07, 6.45) is 3.11. The molecule has 1 aromatic rings. The Morgan fingerprint density at radius 1 is 1.27 bits per heavy atom. The van der Waals surface area contributed by atoms with Gasteiger partial charge < -0.3 is 20.1 Å². The summed E-state index contributed by atoms with van der Waals surface area (Å²) in [6.45, 7) is 3.35. The number of benzene rings is 1. The minimum Gasteiger partial charge on any atom is -0.493 e. The van der Waals surface area contributed by atoms with Gasteiger partial charge in [-0.05, 0) is 50.4 Å². The van der Waals surface area contributed by atoms with E-state index in [0.29, 0.717) is 18.0 Å². The van der Waals surface area contributed by atoms with E-state index in [4.69, 9.17) is 9.47 Å². The smallest absolute Gasteiger partial charge is 0.240 e. The molecule has 0 bridgehead atoms. The maximum absolute atomic E-state index is 12.3. The largest absolute Gasteiger partial charge is 0.493 e. The summed E-state index contributed by atoms with van der Waals surface area (Å²) in [4.78, 5) is 12.3. The van der Waals surface area contributed by atoms with Crippen LogP contribution in [0.2, 0.25) is 0 Å². The Kier molecular flexibility index (Phi) is 6.97. The van der Waals surface area contributed by atoms with E-state index < -0.39 is 5.54 Å². The molecule has 22 heavy (non-hydrogen) atoms. The molecule has 0 spiro atoms. The highest BCUT2D eigenvalue weighted by Crippen LogP contribution is 2.27. The van der Waals surface area contributed by atoms with Crippen LogP contribution in [-0.2, 0) is 11.3 Å². The zero-order chi connectivity index (χ0) is 15.3. The van der Waals surface area contributed by atoms with Gasteiger partial charge in [0.1, 0.15) is 0 Å². The van der Waals surface area contributed by atoms with Crippen LogP contribution in [0.15, 0.2) is 18.2 Å². The monoisotopic (exact) mass is 328 g/mol. The number of carbonyl (C=O) groups is 1. The third kappa shape index (κ3) is 4.27. The molecular weight excluding hydrogens is 304 g/mol. The van der Waals surface area contributed by atoms with Gasteiger partial charge in [0.05, 0.1) is 19.8 Å². The number of piperidine rings is 1. The van der Waals surface area contributed by atoms with Crippen LogP contribution < -0.4 is 20.1 Å². The average Bonchev–Trinajstić information content (AvgIpc) is 2.52. The Hall–Kier alpha value is -1.46. The Morgan fingerprint density at radius 2 is 2.00 bits per heavy atom. The Morgan fingerprint density at radius 3 is 2.59 bits per heavy atom. The van der Waals surface area contributed by atoms with E-state index in [1.165, 1.54) is 0 Å². The van der Waals surface area contributed by atoms with E-state index in [0.717, 1.165) is 31.4 Å². The SMILES string of the molecule is COc1ccc(CNC(=O)C2(C)CCCCN2)cc1OC.Cl. The number of hydrogen-bond donors (Lipinski definition) is 2. The van der Waals surface area contributed by atoms with Gasteiger partial charge in [-0.15, -0.1) is 12.4 Å². The number of carbonyl (C=O) groups excluding carboxylic acids is 1. The number of ether oxygens (including phenoxy) is 2. The summed E-state index contributed by atoms with van der Waals surface area (Å²) >= 11 is 0. The minimum absolute atomic E-state index is 0. The fraction of sp³-hybridized carbons (Fsp3) is 0.562. The second-order valence-corrected chi connectivity index (χ2v) is 5.59. The van der Waals surface area contributed by atoms with Crippen molar-refractivity contribution in [2.45, 2.75) is 38.3 Å². The number of amides is 1. The molecule has 6 heteroatoms. The minimum atomic E-state index is -0.450. The first-order chi connectivity index (χ1) is 10.1. The number of nitrogens with one attached hydrogen (secondary N) is 2. The molecule has 1 aromatic carbocycles. The van der Waals surface area contributed by atoms with Crippen LogP contribution in [0.5, 0.6) is 11.5 Å². The third-order valence-corrected chi connectivity index (χ3v) is 4.02. The van der Waals surface area contributed by atoms with Gasteiger partial charge in [-0.1, -0.05) is 6.07 Å². The molecule has 1 fully saturated rings. The molecule has 0 aliphatic carbocycles. The quantitative estimate of drug-likeness (QED) is 0.870. The van der Waals surface area contributed by atoms with Crippen molar-refractivity contribution in [1.82, 2.24) is 10.6 Å².